The van der Waals surface area contributed by atoms with Crippen LogP contribution in [0.4, 0.5) is 0 Å². The van der Waals surface area contributed by atoms with Crippen molar-refractivity contribution < 1.29 is 14.6 Å². The minimum absolute atomic E-state index is 0.228. The van der Waals surface area contributed by atoms with Gasteiger partial charge in [0.2, 0.25) is 0 Å². The van der Waals surface area contributed by atoms with Gasteiger partial charge in [-0.25, -0.2) is 4.79 Å². The van der Waals surface area contributed by atoms with Gasteiger partial charge in [-0.05, 0) is 24.6 Å². The van der Waals surface area contributed by atoms with Crippen LogP contribution in [0.2, 0.25) is 5.02 Å². The fourth-order valence-electron chi connectivity index (χ4n) is 2.19. The van der Waals surface area contributed by atoms with E-state index in [2.05, 4.69) is 0 Å². The summed E-state index contributed by atoms with van der Waals surface area (Å²) in [4.78, 5) is 11.2. The van der Waals surface area contributed by atoms with Gasteiger partial charge in [-0.1, -0.05) is 11.6 Å². The predicted molar refractivity (Wildman–Crippen MR) is 66.2 cm³/mol. The second-order valence-electron chi connectivity index (χ2n) is 3.81. The first-order valence-electron chi connectivity index (χ1n) is 5.03. The van der Waals surface area contributed by atoms with Crippen molar-refractivity contribution in [2.75, 3.05) is 7.11 Å². The average Bonchev–Trinajstić information content (AvgIpc) is 2.53. The first kappa shape index (κ1) is 11.8. The zero-order valence-corrected chi connectivity index (χ0v) is 10.5. The number of methoxy groups -OCH3 is 1. The molecule has 2 aromatic rings. The topological polar surface area (TPSA) is 51.5 Å². The number of carboxylic acids is 1. The molecule has 90 valence electrons. The summed E-state index contributed by atoms with van der Waals surface area (Å²) < 4.78 is 6.83. The first-order chi connectivity index (χ1) is 7.99. The number of aromatic nitrogens is 1. The number of ether oxygens (including phenoxy) is 1. The molecule has 2 rings (SSSR count). The lowest BCUT2D eigenvalue weighted by Gasteiger charge is -2.06. The van der Waals surface area contributed by atoms with Gasteiger partial charge in [-0.15, -0.1) is 0 Å². The maximum absolute atomic E-state index is 11.2. The molecule has 0 aliphatic carbocycles. The number of nitrogens with zero attached hydrogens (tertiary/aromatic N) is 1. The summed E-state index contributed by atoms with van der Waals surface area (Å²) in [6.07, 6.45) is 0. The highest BCUT2D eigenvalue weighted by Gasteiger charge is 2.21. The molecule has 0 amide bonds. The Morgan fingerprint density at radius 1 is 1.47 bits per heavy atom. The normalized spacial score (nSPS) is 10.8. The smallest absolute Gasteiger partial charge is 0.352 e. The van der Waals surface area contributed by atoms with Crippen molar-refractivity contribution in [2.45, 2.75) is 6.92 Å². The van der Waals surface area contributed by atoms with Gasteiger partial charge in [0.1, 0.15) is 11.4 Å². The van der Waals surface area contributed by atoms with E-state index in [0.717, 1.165) is 5.39 Å². The summed E-state index contributed by atoms with van der Waals surface area (Å²) in [5.41, 5.74) is 1.58. The Kier molecular flexibility index (Phi) is 2.75. The number of hydrogen-bond donors (Lipinski definition) is 1. The van der Waals surface area contributed by atoms with Crippen molar-refractivity contribution in [1.29, 1.82) is 0 Å². The minimum Gasteiger partial charge on any atom is -0.495 e. The Morgan fingerprint density at radius 2 is 2.12 bits per heavy atom. The first-order valence-corrected chi connectivity index (χ1v) is 5.41. The molecule has 0 atom stereocenters. The second kappa shape index (κ2) is 3.96. The van der Waals surface area contributed by atoms with Crippen LogP contribution in [-0.2, 0) is 7.05 Å². The van der Waals surface area contributed by atoms with Gasteiger partial charge in [0.15, 0.2) is 0 Å². The summed E-state index contributed by atoms with van der Waals surface area (Å²) in [7, 11) is 3.24. The highest BCUT2D eigenvalue weighted by molar-refractivity contribution is 6.36. The van der Waals surface area contributed by atoms with E-state index >= 15 is 0 Å². The Hall–Kier alpha value is -1.68. The Labute approximate surface area is 103 Å². The zero-order valence-electron chi connectivity index (χ0n) is 9.74. The molecule has 0 saturated carbocycles. The lowest BCUT2D eigenvalue weighted by atomic mass is 10.1. The van der Waals surface area contributed by atoms with E-state index in [9.17, 15) is 9.90 Å². The summed E-state index contributed by atoms with van der Waals surface area (Å²) in [6.45, 7) is 1.75. The van der Waals surface area contributed by atoms with Crippen LogP contribution >= 0.6 is 11.6 Å². The highest BCUT2D eigenvalue weighted by atomic mass is 35.5. The van der Waals surface area contributed by atoms with Gasteiger partial charge in [-0.3, -0.25) is 0 Å². The van der Waals surface area contributed by atoms with Gasteiger partial charge in [0, 0.05) is 12.4 Å². The monoisotopic (exact) mass is 253 g/mol. The van der Waals surface area contributed by atoms with Gasteiger partial charge in [0.05, 0.1) is 17.6 Å². The summed E-state index contributed by atoms with van der Waals surface area (Å²) in [5, 5.41) is 10.5. The fourth-order valence-corrected chi connectivity index (χ4v) is 2.48. The van der Waals surface area contributed by atoms with E-state index in [1.807, 2.05) is 0 Å². The molecule has 0 saturated heterocycles. The Morgan fingerprint density at radius 3 is 2.65 bits per heavy atom. The molecule has 0 aliphatic rings. The van der Waals surface area contributed by atoms with Crippen LogP contribution < -0.4 is 4.74 Å². The number of carboxylic acid groups (broad SMARTS) is 1. The molecule has 1 heterocycles. The quantitative estimate of drug-likeness (QED) is 0.895. The highest BCUT2D eigenvalue weighted by Crippen LogP contribution is 2.36. The zero-order chi connectivity index (χ0) is 12.7. The van der Waals surface area contributed by atoms with Gasteiger partial charge < -0.3 is 14.4 Å². The predicted octanol–water partition coefficient (Wildman–Crippen LogP) is 2.85. The lowest BCUT2D eigenvalue weighted by molar-refractivity contribution is 0.0686. The molecular weight excluding hydrogens is 242 g/mol. The fraction of sp³-hybridized carbons (Fsp3) is 0.250. The van der Waals surface area contributed by atoms with Crippen LogP contribution in [0.3, 0.4) is 0 Å². The van der Waals surface area contributed by atoms with Crippen LogP contribution in [-0.4, -0.2) is 22.8 Å². The lowest BCUT2D eigenvalue weighted by Crippen LogP contribution is -2.05. The van der Waals surface area contributed by atoms with Crippen LogP contribution in [0.25, 0.3) is 10.9 Å². The van der Waals surface area contributed by atoms with Crippen molar-refractivity contribution >= 4 is 28.5 Å². The third-order valence-corrected chi connectivity index (χ3v) is 3.23. The number of aryl methyl sites for hydroxylation is 2. The molecule has 4 nitrogen and oxygen atoms in total. The average molecular weight is 254 g/mol. The number of benzene rings is 1. The summed E-state index contributed by atoms with van der Waals surface area (Å²) >= 11 is 6.12. The van der Waals surface area contributed by atoms with Crippen molar-refractivity contribution in [1.82, 2.24) is 4.57 Å². The number of rotatable bonds is 2. The Bertz CT molecular complexity index is 616. The molecule has 1 aromatic carbocycles. The molecular formula is C12H12ClNO3. The SMILES string of the molecule is COc1ccc(Cl)c2c(C)c(C(=O)O)n(C)c12. The molecule has 1 N–H and O–H groups in total. The molecule has 0 aliphatic heterocycles. The molecule has 0 radical (unpaired) electrons. The molecule has 17 heavy (non-hydrogen) atoms. The number of carbonyl (C=O) groups is 1. The molecule has 0 fully saturated rings. The van der Waals surface area contributed by atoms with Crippen LogP contribution in [0.5, 0.6) is 5.75 Å². The van der Waals surface area contributed by atoms with Gasteiger partial charge >= 0.3 is 5.97 Å². The van der Waals surface area contributed by atoms with Gasteiger partial charge in [-0.2, -0.15) is 0 Å². The summed E-state index contributed by atoms with van der Waals surface area (Å²) in [6, 6.07) is 3.44. The van der Waals surface area contributed by atoms with E-state index in [4.69, 9.17) is 16.3 Å². The van der Waals surface area contributed by atoms with Crippen LogP contribution in [0.1, 0.15) is 16.1 Å². The number of fused-ring (bicyclic) bond motifs is 1. The van der Waals surface area contributed by atoms with E-state index in [1.165, 1.54) is 0 Å². The van der Waals surface area contributed by atoms with Crippen molar-refractivity contribution in [3.63, 3.8) is 0 Å². The van der Waals surface area contributed by atoms with Crippen molar-refractivity contribution in [3.05, 3.63) is 28.4 Å². The molecule has 1 aromatic heterocycles. The number of aromatic carboxylic acids is 1. The number of hydrogen-bond acceptors (Lipinski definition) is 2. The largest absolute Gasteiger partial charge is 0.495 e. The van der Waals surface area contributed by atoms with E-state index in [1.54, 1.807) is 37.8 Å². The number of halogens is 1. The third-order valence-electron chi connectivity index (χ3n) is 2.91. The maximum atomic E-state index is 11.2. The van der Waals surface area contributed by atoms with E-state index in [-0.39, 0.29) is 5.69 Å². The maximum Gasteiger partial charge on any atom is 0.352 e. The standard InChI is InChI=1S/C12H12ClNO3/c1-6-9-7(13)4-5-8(17-3)11(9)14(2)10(6)12(15)16/h4-5H,1-3H3,(H,15,16). The molecule has 5 heteroatoms. The summed E-state index contributed by atoms with van der Waals surface area (Å²) in [5.74, 6) is -0.359. The molecule has 0 spiro atoms. The van der Waals surface area contributed by atoms with Crippen molar-refractivity contribution in [2.24, 2.45) is 7.05 Å². The minimum atomic E-state index is -0.973. The second-order valence-corrected chi connectivity index (χ2v) is 4.22. The third kappa shape index (κ3) is 1.56. The van der Waals surface area contributed by atoms with Crippen molar-refractivity contribution in [3.8, 4) is 5.75 Å². The van der Waals surface area contributed by atoms with Crippen LogP contribution in [0, 0.1) is 6.92 Å². The Balaban J connectivity index is 3.01. The van der Waals surface area contributed by atoms with E-state index < -0.39 is 5.97 Å². The van der Waals surface area contributed by atoms with Crippen LogP contribution in [0.15, 0.2) is 12.1 Å². The molecule has 0 bridgehead atoms. The van der Waals surface area contributed by atoms with Gasteiger partial charge in [0.25, 0.3) is 0 Å². The molecule has 0 unspecified atom stereocenters. The van der Waals surface area contributed by atoms with E-state index in [0.29, 0.717) is 21.9 Å².